The Bertz CT molecular complexity index is 684. The van der Waals surface area contributed by atoms with E-state index in [0.29, 0.717) is 13.1 Å². The number of thioether (sulfide) groups is 1. The van der Waals surface area contributed by atoms with Crippen molar-refractivity contribution in [1.29, 1.82) is 0 Å². The third kappa shape index (κ3) is 4.71. The van der Waals surface area contributed by atoms with E-state index in [1.54, 1.807) is 6.08 Å². The number of aryl methyl sites for hydroxylation is 1. The molecular weight excluding hydrogens is 320 g/mol. The van der Waals surface area contributed by atoms with Crippen LogP contribution in [0.25, 0.3) is 0 Å². The first-order valence-corrected chi connectivity index (χ1v) is 8.91. The molecule has 1 amide bonds. The van der Waals surface area contributed by atoms with Crippen molar-refractivity contribution >= 4 is 17.7 Å². The second kappa shape index (κ2) is 8.68. The highest BCUT2D eigenvalue weighted by atomic mass is 32.2. The maximum absolute atomic E-state index is 12.3. The van der Waals surface area contributed by atoms with Crippen molar-refractivity contribution in [2.45, 2.75) is 43.6 Å². The average molecular weight is 344 g/mol. The van der Waals surface area contributed by atoms with Crippen LogP contribution in [0.5, 0.6) is 0 Å². The lowest BCUT2D eigenvalue weighted by Crippen LogP contribution is -2.33. The molecule has 0 bridgehead atoms. The average Bonchev–Trinajstić information content (AvgIpc) is 2.93. The van der Waals surface area contributed by atoms with Crippen molar-refractivity contribution in [3.8, 4) is 0 Å². The van der Waals surface area contributed by atoms with Gasteiger partial charge in [-0.3, -0.25) is 4.79 Å². The Morgan fingerprint density at radius 1 is 1.33 bits per heavy atom. The number of nitrogens with one attached hydrogen (secondary N) is 1. The number of rotatable bonds is 8. The van der Waals surface area contributed by atoms with Crippen molar-refractivity contribution < 1.29 is 4.79 Å². The van der Waals surface area contributed by atoms with Gasteiger partial charge in [0.2, 0.25) is 5.91 Å². The molecule has 1 heterocycles. The summed E-state index contributed by atoms with van der Waals surface area (Å²) in [5.74, 6) is 1.11. The Kier molecular flexibility index (Phi) is 6.61. The molecule has 0 aliphatic heterocycles. The van der Waals surface area contributed by atoms with Crippen LogP contribution in [0.4, 0.5) is 0 Å². The molecular formula is C18H24N4OS. The zero-order valence-electron chi connectivity index (χ0n) is 14.4. The van der Waals surface area contributed by atoms with Gasteiger partial charge in [-0.15, -0.1) is 16.8 Å². The van der Waals surface area contributed by atoms with Crippen LogP contribution in [0.15, 0.2) is 48.1 Å². The molecule has 128 valence electrons. The lowest BCUT2D eigenvalue weighted by molar-refractivity contribution is -0.120. The lowest BCUT2D eigenvalue weighted by atomic mass is 10.0. The van der Waals surface area contributed by atoms with Gasteiger partial charge >= 0.3 is 0 Å². The first-order valence-electron chi connectivity index (χ1n) is 8.03. The predicted molar refractivity (Wildman–Crippen MR) is 98.1 cm³/mol. The Morgan fingerprint density at radius 2 is 2.04 bits per heavy atom. The molecule has 0 spiro atoms. The van der Waals surface area contributed by atoms with Gasteiger partial charge in [0.05, 0.1) is 5.25 Å². The van der Waals surface area contributed by atoms with Crippen molar-refractivity contribution in [3.05, 3.63) is 54.4 Å². The topological polar surface area (TPSA) is 59.8 Å². The summed E-state index contributed by atoms with van der Waals surface area (Å²) >= 11 is 1.42. The van der Waals surface area contributed by atoms with E-state index in [1.165, 1.54) is 17.3 Å². The van der Waals surface area contributed by atoms with Crippen molar-refractivity contribution in [3.63, 3.8) is 0 Å². The van der Waals surface area contributed by atoms with E-state index < -0.39 is 0 Å². The molecule has 1 aromatic carbocycles. The maximum Gasteiger partial charge on any atom is 0.233 e. The molecule has 6 heteroatoms. The number of hydrogen-bond acceptors (Lipinski definition) is 4. The van der Waals surface area contributed by atoms with Crippen LogP contribution in [-0.4, -0.2) is 32.5 Å². The molecule has 24 heavy (non-hydrogen) atoms. The SMILES string of the molecule is C=CCn1c(C)nnc1SC(C)C(=O)NCC(C)c1ccccc1. The molecule has 2 aromatic rings. The highest BCUT2D eigenvalue weighted by molar-refractivity contribution is 8.00. The molecule has 0 radical (unpaired) electrons. The maximum atomic E-state index is 12.3. The monoisotopic (exact) mass is 344 g/mol. The van der Waals surface area contributed by atoms with E-state index in [1.807, 2.05) is 36.6 Å². The van der Waals surface area contributed by atoms with E-state index in [9.17, 15) is 4.79 Å². The zero-order chi connectivity index (χ0) is 17.5. The normalized spacial score (nSPS) is 13.3. The van der Waals surface area contributed by atoms with E-state index in [2.05, 4.69) is 41.1 Å². The highest BCUT2D eigenvalue weighted by Gasteiger charge is 2.19. The van der Waals surface area contributed by atoms with E-state index in [0.717, 1.165) is 11.0 Å². The number of amides is 1. The van der Waals surface area contributed by atoms with E-state index in [4.69, 9.17) is 0 Å². The largest absolute Gasteiger partial charge is 0.355 e. The molecule has 5 nitrogen and oxygen atoms in total. The summed E-state index contributed by atoms with van der Waals surface area (Å²) in [4.78, 5) is 12.3. The summed E-state index contributed by atoms with van der Waals surface area (Å²) in [6.45, 7) is 10.9. The fourth-order valence-corrected chi connectivity index (χ4v) is 3.22. The summed E-state index contributed by atoms with van der Waals surface area (Å²) in [6.07, 6.45) is 1.80. The van der Waals surface area contributed by atoms with Crippen LogP contribution >= 0.6 is 11.8 Å². The number of carbonyl (C=O) groups excluding carboxylic acids is 1. The zero-order valence-corrected chi connectivity index (χ0v) is 15.2. The summed E-state index contributed by atoms with van der Waals surface area (Å²) in [6, 6.07) is 10.2. The van der Waals surface area contributed by atoms with Gasteiger partial charge in [-0.25, -0.2) is 0 Å². The fraction of sp³-hybridized carbons (Fsp3) is 0.389. The minimum absolute atomic E-state index is 0.00795. The molecule has 0 aliphatic rings. The quantitative estimate of drug-likeness (QED) is 0.590. The number of carbonyl (C=O) groups is 1. The van der Waals surface area contributed by atoms with Crippen LogP contribution in [0, 0.1) is 6.92 Å². The van der Waals surface area contributed by atoms with Crippen molar-refractivity contribution in [2.24, 2.45) is 0 Å². The minimum atomic E-state index is -0.236. The van der Waals surface area contributed by atoms with Crippen molar-refractivity contribution in [1.82, 2.24) is 20.1 Å². The van der Waals surface area contributed by atoms with Gasteiger partial charge in [-0.1, -0.05) is 55.1 Å². The van der Waals surface area contributed by atoms with Crippen molar-refractivity contribution in [2.75, 3.05) is 6.54 Å². The van der Waals surface area contributed by atoms with Gasteiger partial charge in [-0.05, 0) is 25.3 Å². The van der Waals surface area contributed by atoms with Crippen LogP contribution in [0.1, 0.15) is 31.2 Å². The van der Waals surface area contributed by atoms with E-state index in [-0.39, 0.29) is 17.1 Å². The first-order chi connectivity index (χ1) is 11.5. The van der Waals surface area contributed by atoms with Gasteiger partial charge in [0.25, 0.3) is 0 Å². The second-order valence-corrected chi connectivity index (χ2v) is 7.05. The molecule has 2 atom stereocenters. The molecule has 0 saturated heterocycles. The highest BCUT2D eigenvalue weighted by Crippen LogP contribution is 2.22. The van der Waals surface area contributed by atoms with Crippen LogP contribution in [0.2, 0.25) is 0 Å². The predicted octanol–water partition coefficient (Wildman–Crippen LogP) is 3.17. The van der Waals surface area contributed by atoms with Crippen LogP contribution in [0.3, 0.4) is 0 Å². The number of hydrogen-bond donors (Lipinski definition) is 1. The van der Waals surface area contributed by atoms with Crippen LogP contribution in [-0.2, 0) is 11.3 Å². The molecule has 0 fully saturated rings. The summed E-state index contributed by atoms with van der Waals surface area (Å²) < 4.78 is 1.95. The molecule has 0 aliphatic carbocycles. The Hall–Kier alpha value is -2.08. The molecule has 1 N–H and O–H groups in total. The van der Waals surface area contributed by atoms with Gasteiger partial charge in [0.1, 0.15) is 5.82 Å². The third-order valence-corrected chi connectivity index (χ3v) is 4.90. The number of benzene rings is 1. The Balaban J connectivity index is 1.89. The number of nitrogens with zero attached hydrogens (tertiary/aromatic N) is 3. The standard InChI is InChI=1S/C18H24N4OS/c1-5-11-22-15(4)20-21-18(22)24-14(3)17(23)19-12-13(2)16-9-7-6-8-10-16/h5-10,13-14H,1,11-12H2,2-4H3,(H,19,23). The molecule has 2 rings (SSSR count). The first kappa shape index (κ1) is 18.3. The summed E-state index contributed by atoms with van der Waals surface area (Å²) in [5.41, 5.74) is 1.22. The Labute approximate surface area is 147 Å². The molecule has 1 aromatic heterocycles. The van der Waals surface area contributed by atoms with Gasteiger partial charge in [0, 0.05) is 13.1 Å². The minimum Gasteiger partial charge on any atom is -0.355 e. The number of allylic oxidation sites excluding steroid dienone is 1. The van der Waals surface area contributed by atoms with Crippen LogP contribution < -0.4 is 5.32 Å². The van der Waals surface area contributed by atoms with E-state index >= 15 is 0 Å². The van der Waals surface area contributed by atoms with Gasteiger partial charge in [-0.2, -0.15) is 0 Å². The summed E-state index contributed by atoms with van der Waals surface area (Å²) in [7, 11) is 0. The van der Waals surface area contributed by atoms with Gasteiger partial charge in [0.15, 0.2) is 5.16 Å². The lowest BCUT2D eigenvalue weighted by Gasteiger charge is -2.16. The molecule has 2 unspecified atom stereocenters. The smallest absolute Gasteiger partial charge is 0.233 e. The summed E-state index contributed by atoms with van der Waals surface area (Å²) in [5, 5.41) is 11.7. The Morgan fingerprint density at radius 3 is 2.71 bits per heavy atom. The second-order valence-electron chi connectivity index (χ2n) is 5.75. The fourth-order valence-electron chi connectivity index (χ4n) is 2.30. The van der Waals surface area contributed by atoms with Gasteiger partial charge < -0.3 is 9.88 Å². The third-order valence-electron chi connectivity index (χ3n) is 3.82. The molecule has 0 saturated carbocycles. The number of aromatic nitrogens is 3.